The first-order valence-electron chi connectivity index (χ1n) is 37.8. The Morgan fingerprint density at radius 3 is 0.753 bits per heavy atom. The van der Waals surface area contributed by atoms with Crippen molar-refractivity contribution in [2.75, 3.05) is 13.2 Å². The molecule has 0 rings (SSSR count). The number of aliphatic hydroxyl groups is 2. The first kappa shape index (κ1) is 79.9. The molecule has 6 heteroatoms. The van der Waals surface area contributed by atoms with Crippen molar-refractivity contribution in [1.29, 1.82) is 0 Å². The second-order valence-electron chi connectivity index (χ2n) is 26.4. The molecule has 0 aliphatic rings. The molecule has 0 aliphatic heterocycles. The third-order valence-electron chi connectivity index (χ3n) is 18.2. The molecule has 0 fully saturated rings. The van der Waals surface area contributed by atoms with Crippen molar-refractivity contribution in [1.82, 2.24) is 5.32 Å². The normalized spacial score (nSPS) is 12.4. The van der Waals surface area contributed by atoms with Crippen LogP contribution < -0.4 is 5.32 Å². The minimum absolute atomic E-state index is 0.0238. The smallest absolute Gasteiger partial charge is 0.305 e. The van der Waals surface area contributed by atoms with Crippen molar-refractivity contribution < 1.29 is 24.5 Å². The predicted molar refractivity (Wildman–Crippen MR) is 357 cm³/mol. The van der Waals surface area contributed by atoms with Crippen LogP contribution in [0.1, 0.15) is 444 Å². The minimum Gasteiger partial charge on any atom is -0.466 e. The summed E-state index contributed by atoms with van der Waals surface area (Å²) in [4.78, 5) is 24.6. The largest absolute Gasteiger partial charge is 0.466 e. The van der Waals surface area contributed by atoms with Gasteiger partial charge < -0.3 is 20.3 Å². The second-order valence-corrected chi connectivity index (χ2v) is 26.4. The van der Waals surface area contributed by atoms with E-state index in [4.69, 9.17) is 4.74 Å². The van der Waals surface area contributed by atoms with Crippen LogP contribution in [0.2, 0.25) is 0 Å². The van der Waals surface area contributed by atoms with Crippen LogP contribution in [0.25, 0.3) is 0 Å². The van der Waals surface area contributed by atoms with Crippen molar-refractivity contribution in [2.45, 2.75) is 456 Å². The Bertz CT molecular complexity index is 1180. The van der Waals surface area contributed by atoms with Gasteiger partial charge in [-0.2, -0.15) is 0 Å². The van der Waals surface area contributed by atoms with E-state index in [0.29, 0.717) is 25.9 Å². The van der Waals surface area contributed by atoms with E-state index in [1.54, 1.807) is 0 Å². The Labute approximate surface area is 508 Å². The van der Waals surface area contributed by atoms with Crippen LogP contribution in [-0.4, -0.2) is 47.4 Å². The van der Waals surface area contributed by atoms with E-state index in [-0.39, 0.29) is 18.5 Å². The fourth-order valence-corrected chi connectivity index (χ4v) is 12.4. The fourth-order valence-electron chi connectivity index (χ4n) is 12.4. The summed E-state index contributed by atoms with van der Waals surface area (Å²) < 4.78 is 5.50. The molecule has 0 bridgehead atoms. The summed E-state index contributed by atoms with van der Waals surface area (Å²) >= 11 is 0. The van der Waals surface area contributed by atoms with Crippen LogP contribution in [0.3, 0.4) is 0 Å². The maximum atomic E-state index is 12.6. The van der Waals surface area contributed by atoms with E-state index in [0.717, 1.165) is 38.5 Å². The number of rotatable bonds is 72. The van der Waals surface area contributed by atoms with Crippen molar-refractivity contribution in [3.8, 4) is 0 Å². The van der Waals surface area contributed by atoms with Gasteiger partial charge in [-0.1, -0.05) is 406 Å². The molecule has 0 radical (unpaired) electrons. The molecule has 3 N–H and O–H groups in total. The summed E-state index contributed by atoms with van der Waals surface area (Å²) in [7, 11) is 0. The molecule has 0 heterocycles. The molecule has 0 aromatic carbocycles. The lowest BCUT2D eigenvalue weighted by Crippen LogP contribution is -2.45. The third kappa shape index (κ3) is 67.9. The van der Waals surface area contributed by atoms with Crippen molar-refractivity contribution >= 4 is 11.9 Å². The number of carbonyl (C=O) groups excluding carboxylic acids is 2. The molecule has 0 aliphatic carbocycles. The SMILES string of the molecule is CCCCCCCCCCCCCCCCCCCCCCC(O)C(CO)NC(=O)CCCCCCCCCCCCCCCCCCCCCCCCCCCCCCCCOC(=O)CCCCCCCCCCCCCCCC. The molecule has 81 heavy (non-hydrogen) atoms. The Hall–Kier alpha value is -1.14. The number of unbranched alkanes of at least 4 members (excludes halogenated alkanes) is 61. The number of carbonyl (C=O) groups is 2. The van der Waals surface area contributed by atoms with E-state index < -0.39 is 12.1 Å². The number of ether oxygens (including phenoxy) is 1. The van der Waals surface area contributed by atoms with Gasteiger partial charge in [0.05, 0.1) is 25.4 Å². The average molecular weight is 1150 g/mol. The molecule has 484 valence electrons. The first-order valence-corrected chi connectivity index (χ1v) is 37.8. The summed E-state index contributed by atoms with van der Waals surface area (Å²) in [5, 5.41) is 23.4. The molecule has 2 unspecified atom stereocenters. The van der Waals surface area contributed by atoms with Crippen LogP contribution >= 0.6 is 0 Å². The van der Waals surface area contributed by atoms with E-state index in [1.165, 1.54) is 372 Å². The highest BCUT2D eigenvalue weighted by molar-refractivity contribution is 5.76. The van der Waals surface area contributed by atoms with E-state index in [1.807, 2.05) is 0 Å². The van der Waals surface area contributed by atoms with Gasteiger partial charge in [-0.25, -0.2) is 0 Å². The van der Waals surface area contributed by atoms with Crippen molar-refractivity contribution in [3.05, 3.63) is 0 Å². The fraction of sp³-hybridized carbons (Fsp3) is 0.973. The zero-order valence-corrected chi connectivity index (χ0v) is 55.6. The monoisotopic (exact) mass is 1140 g/mol. The van der Waals surface area contributed by atoms with Gasteiger partial charge in [-0.3, -0.25) is 9.59 Å². The van der Waals surface area contributed by atoms with Gasteiger partial charge >= 0.3 is 5.97 Å². The molecule has 0 saturated heterocycles. The van der Waals surface area contributed by atoms with Crippen LogP contribution in [-0.2, 0) is 14.3 Å². The summed E-state index contributed by atoms with van der Waals surface area (Å²) in [6, 6.07) is -0.538. The molecule has 1 amide bonds. The highest BCUT2D eigenvalue weighted by Gasteiger charge is 2.20. The summed E-state index contributed by atoms with van der Waals surface area (Å²) in [5.74, 6) is -0.00164. The molecule has 0 aromatic heterocycles. The summed E-state index contributed by atoms with van der Waals surface area (Å²) in [6.45, 7) is 5.01. The van der Waals surface area contributed by atoms with E-state index in [2.05, 4.69) is 19.2 Å². The minimum atomic E-state index is -0.661. The maximum absolute atomic E-state index is 12.6. The Kier molecular flexibility index (Phi) is 70.3. The second kappa shape index (κ2) is 71.3. The van der Waals surface area contributed by atoms with Crippen molar-refractivity contribution in [2.24, 2.45) is 0 Å². The lowest BCUT2D eigenvalue weighted by molar-refractivity contribution is -0.143. The molecule has 0 spiro atoms. The Morgan fingerprint density at radius 1 is 0.296 bits per heavy atom. The average Bonchev–Trinajstić information content (AvgIpc) is 3.47. The summed E-state index contributed by atoms with van der Waals surface area (Å²) in [6.07, 6.45) is 87.5. The molecular formula is C75H149NO5. The predicted octanol–water partition coefficient (Wildman–Crippen LogP) is 24.5. The molecule has 2 atom stereocenters. The standard InChI is InChI=1S/C75H149NO5/c1-3-5-7-9-11-13-15-17-19-20-21-34-37-40-43-47-51-55-59-63-67-73(78)72(71-77)76-74(79)68-64-60-56-52-48-44-41-38-35-32-30-28-26-24-22-23-25-27-29-31-33-36-39-42-46-50-54-58-62-66-70-81-75(80)69-65-61-57-53-49-45-18-16-14-12-10-8-6-4-2/h72-73,77-78H,3-71H2,1-2H3,(H,76,79). The van der Waals surface area contributed by atoms with Crippen LogP contribution in [0.4, 0.5) is 0 Å². The zero-order valence-electron chi connectivity index (χ0n) is 55.6. The maximum Gasteiger partial charge on any atom is 0.305 e. The number of amides is 1. The lowest BCUT2D eigenvalue weighted by Gasteiger charge is -2.22. The van der Waals surface area contributed by atoms with Gasteiger partial charge in [0.25, 0.3) is 0 Å². The third-order valence-corrected chi connectivity index (χ3v) is 18.2. The summed E-state index contributed by atoms with van der Waals surface area (Å²) in [5.41, 5.74) is 0. The van der Waals surface area contributed by atoms with Gasteiger partial charge in [-0.15, -0.1) is 0 Å². The van der Waals surface area contributed by atoms with Gasteiger partial charge in [0.15, 0.2) is 0 Å². The van der Waals surface area contributed by atoms with E-state index >= 15 is 0 Å². The number of nitrogens with one attached hydrogen (secondary N) is 1. The lowest BCUT2D eigenvalue weighted by atomic mass is 10.0. The van der Waals surface area contributed by atoms with Gasteiger partial charge in [0, 0.05) is 12.8 Å². The molecule has 0 aromatic rings. The van der Waals surface area contributed by atoms with Crippen molar-refractivity contribution in [3.63, 3.8) is 0 Å². The van der Waals surface area contributed by atoms with Crippen LogP contribution in [0.15, 0.2) is 0 Å². The molecule has 0 saturated carbocycles. The Balaban J connectivity index is 3.32. The topological polar surface area (TPSA) is 95.9 Å². The molecule has 6 nitrogen and oxygen atoms in total. The van der Waals surface area contributed by atoms with Gasteiger partial charge in [-0.05, 0) is 25.7 Å². The van der Waals surface area contributed by atoms with E-state index in [9.17, 15) is 19.8 Å². The highest BCUT2D eigenvalue weighted by atomic mass is 16.5. The number of aliphatic hydroxyl groups excluding tert-OH is 2. The zero-order chi connectivity index (χ0) is 58.5. The van der Waals surface area contributed by atoms with Gasteiger partial charge in [0.2, 0.25) is 5.91 Å². The van der Waals surface area contributed by atoms with Crippen LogP contribution in [0.5, 0.6) is 0 Å². The Morgan fingerprint density at radius 2 is 0.506 bits per heavy atom. The van der Waals surface area contributed by atoms with Crippen LogP contribution in [0, 0.1) is 0 Å². The van der Waals surface area contributed by atoms with Gasteiger partial charge in [0.1, 0.15) is 0 Å². The number of esters is 1. The highest BCUT2D eigenvalue weighted by Crippen LogP contribution is 2.20. The quantitative estimate of drug-likeness (QED) is 0.0417. The number of hydrogen-bond acceptors (Lipinski definition) is 5. The first-order chi connectivity index (χ1) is 40.0. The number of hydrogen-bond donors (Lipinski definition) is 3. The molecular weight excluding hydrogens is 995 g/mol.